The highest BCUT2D eigenvalue weighted by Crippen LogP contribution is 2.35. The predicted molar refractivity (Wildman–Crippen MR) is 112 cm³/mol. The minimum atomic E-state index is -0.720. The molecule has 1 aliphatic rings. The third kappa shape index (κ3) is 3.61. The summed E-state index contributed by atoms with van der Waals surface area (Å²) in [5.41, 5.74) is 0.241. The number of carbonyl (C=O) groups excluding carboxylic acids is 1. The van der Waals surface area contributed by atoms with Crippen LogP contribution in [0.1, 0.15) is 39.7 Å². The Morgan fingerprint density at radius 1 is 1.13 bits per heavy atom. The molecule has 30 heavy (non-hydrogen) atoms. The van der Waals surface area contributed by atoms with Crippen molar-refractivity contribution in [2.45, 2.75) is 25.7 Å². The molecule has 0 unspecified atom stereocenters. The Bertz CT molecular complexity index is 1130. The first-order chi connectivity index (χ1) is 14.3. The molecule has 0 N–H and O–H groups in total. The molecule has 10 heteroatoms. The molecule has 1 aliphatic heterocycles. The number of hydrogen-bond acceptors (Lipinski definition) is 7. The van der Waals surface area contributed by atoms with Crippen molar-refractivity contribution in [3.63, 3.8) is 0 Å². The quantitative estimate of drug-likeness (QED) is 0.449. The average molecular weight is 426 g/mol. The number of benzene rings is 2. The fourth-order valence-corrected chi connectivity index (χ4v) is 4.90. The smallest absolute Gasteiger partial charge is 0.279 e. The van der Waals surface area contributed by atoms with Crippen molar-refractivity contribution in [3.05, 3.63) is 72.8 Å². The van der Waals surface area contributed by atoms with E-state index in [0.29, 0.717) is 13.1 Å². The van der Waals surface area contributed by atoms with Gasteiger partial charge in [-0.1, -0.05) is 12.1 Å². The first-order valence-corrected chi connectivity index (χ1v) is 10.2. The zero-order chi connectivity index (χ0) is 21.4. The molecule has 0 spiro atoms. The highest BCUT2D eigenvalue weighted by atomic mass is 32.1. The lowest BCUT2D eigenvalue weighted by atomic mass is 9.96. The highest BCUT2D eigenvalue weighted by Gasteiger charge is 2.30. The summed E-state index contributed by atoms with van der Waals surface area (Å²) in [5.74, 6) is -0.172. The normalized spacial score (nSPS) is 14.8. The molecule has 2 aromatic carbocycles. The van der Waals surface area contributed by atoms with Crippen LogP contribution in [0.5, 0.6) is 0 Å². The summed E-state index contributed by atoms with van der Waals surface area (Å²) in [6, 6.07) is 9.97. The van der Waals surface area contributed by atoms with Crippen LogP contribution in [-0.2, 0) is 0 Å². The maximum atomic E-state index is 13.0. The van der Waals surface area contributed by atoms with Gasteiger partial charge in [0.2, 0.25) is 0 Å². The number of hydrogen-bond donors (Lipinski definition) is 0. The van der Waals surface area contributed by atoms with Gasteiger partial charge in [0.1, 0.15) is 0 Å². The first kappa shape index (κ1) is 19.9. The van der Waals surface area contributed by atoms with Gasteiger partial charge in [-0.2, -0.15) is 0 Å². The minimum Gasteiger partial charge on any atom is -0.339 e. The number of aromatic nitrogens is 1. The number of likely N-dealkylation sites (tertiary alicyclic amines) is 1. The van der Waals surface area contributed by atoms with Crippen LogP contribution in [0.2, 0.25) is 0 Å². The second kappa shape index (κ2) is 7.79. The van der Waals surface area contributed by atoms with E-state index in [2.05, 4.69) is 0 Å². The van der Waals surface area contributed by atoms with E-state index in [1.54, 1.807) is 16.2 Å². The van der Waals surface area contributed by atoms with Crippen LogP contribution in [0, 0.1) is 27.2 Å². The van der Waals surface area contributed by atoms with E-state index in [4.69, 9.17) is 4.98 Å². The lowest BCUT2D eigenvalue weighted by Crippen LogP contribution is -2.38. The molecule has 0 atom stereocenters. The molecular weight excluding hydrogens is 408 g/mol. The molecule has 3 aromatic rings. The van der Waals surface area contributed by atoms with Gasteiger partial charge in [0, 0.05) is 30.6 Å². The third-order valence-electron chi connectivity index (χ3n) is 5.44. The zero-order valence-electron chi connectivity index (χ0n) is 16.1. The Kier molecular flexibility index (Phi) is 5.17. The molecule has 0 saturated carbocycles. The number of fused-ring (bicyclic) bond motifs is 1. The summed E-state index contributed by atoms with van der Waals surface area (Å²) in [6.45, 7) is 2.38. The van der Waals surface area contributed by atoms with Crippen molar-refractivity contribution in [2.75, 3.05) is 13.1 Å². The molecule has 4 rings (SSSR count). The molecular formula is C20H18N4O5S. The highest BCUT2D eigenvalue weighted by molar-refractivity contribution is 7.18. The van der Waals surface area contributed by atoms with Crippen LogP contribution in [0.4, 0.5) is 11.4 Å². The summed E-state index contributed by atoms with van der Waals surface area (Å²) in [7, 11) is 0. The van der Waals surface area contributed by atoms with Crippen molar-refractivity contribution < 1.29 is 14.6 Å². The Balaban J connectivity index is 1.54. The Labute approximate surface area is 175 Å². The third-order valence-corrected chi connectivity index (χ3v) is 6.64. The van der Waals surface area contributed by atoms with Crippen LogP contribution in [0.3, 0.4) is 0 Å². The van der Waals surface area contributed by atoms with Gasteiger partial charge in [-0.05, 0) is 31.9 Å². The summed E-state index contributed by atoms with van der Waals surface area (Å²) in [6.07, 6.45) is 1.45. The van der Waals surface area contributed by atoms with E-state index in [9.17, 15) is 25.0 Å². The molecule has 1 amide bonds. The van der Waals surface area contributed by atoms with Crippen molar-refractivity contribution in [2.24, 2.45) is 0 Å². The molecule has 1 saturated heterocycles. The molecule has 1 fully saturated rings. The van der Waals surface area contributed by atoms with E-state index in [1.165, 1.54) is 6.92 Å². The lowest BCUT2D eigenvalue weighted by molar-refractivity contribution is -0.394. The molecule has 9 nitrogen and oxygen atoms in total. The van der Waals surface area contributed by atoms with E-state index < -0.39 is 27.1 Å². The molecule has 0 bridgehead atoms. The van der Waals surface area contributed by atoms with Gasteiger partial charge < -0.3 is 4.90 Å². The average Bonchev–Trinajstić information content (AvgIpc) is 3.17. The van der Waals surface area contributed by atoms with Gasteiger partial charge >= 0.3 is 0 Å². The van der Waals surface area contributed by atoms with Crippen LogP contribution < -0.4 is 0 Å². The predicted octanol–water partition coefficient (Wildman–Crippen LogP) is 4.44. The Hall–Kier alpha value is -3.40. The van der Waals surface area contributed by atoms with Crippen LogP contribution in [-0.4, -0.2) is 38.7 Å². The number of para-hydroxylation sites is 1. The monoisotopic (exact) mass is 426 g/mol. The lowest BCUT2D eigenvalue weighted by Gasteiger charge is -2.31. The number of piperidine rings is 1. The second-order valence-corrected chi connectivity index (χ2v) is 8.30. The molecule has 1 aromatic heterocycles. The van der Waals surface area contributed by atoms with E-state index in [-0.39, 0.29) is 17.0 Å². The number of nitro benzene ring substituents is 2. The van der Waals surface area contributed by atoms with Gasteiger partial charge in [-0.15, -0.1) is 11.3 Å². The number of rotatable bonds is 4. The summed E-state index contributed by atoms with van der Waals surface area (Å²) in [4.78, 5) is 40.4. The van der Waals surface area contributed by atoms with Crippen molar-refractivity contribution in [1.29, 1.82) is 0 Å². The summed E-state index contributed by atoms with van der Waals surface area (Å²) < 4.78 is 1.13. The number of carbonyl (C=O) groups is 1. The molecule has 0 aliphatic carbocycles. The van der Waals surface area contributed by atoms with Gasteiger partial charge in [0.15, 0.2) is 0 Å². The molecule has 154 valence electrons. The number of thiazole rings is 1. The Morgan fingerprint density at radius 3 is 2.47 bits per heavy atom. The second-order valence-electron chi connectivity index (χ2n) is 7.24. The van der Waals surface area contributed by atoms with E-state index in [1.807, 2.05) is 24.3 Å². The maximum Gasteiger partial charge on any atom is 0.279 e. The first-order valence-electron chi connectivity index (χ1n) is 9.43. The maximum absolute atomic E-state index is 13.0. The van der Waals surface area contributed by atoms with E-state index in [0.717, 1.165) is 40.2 Å². The van der Waals surface area contributed by atoms with Crippen molar-refractivity contribution >= 4 is 38.8 Å². The SMILES string of the molecule is Cc1c(C(=O)N2CCC(c3nc4ccccc4s3)CC2)cc([N+](=O)[O-])cc1[N+](=O)[O-]. The number of non-ortho nitro benzene ring substituents is 1. The standard InChI is InChI=1S/C20H18N4O5S/c1-12-15(10-14(23(26)27)11-17(12)24(28)29)20(25)22-8-6-13(7-9-22)19-21-16-4-2-3-5-18(16)30-19/h2-5,10-11,13H,6-9H2,1H3. The molecule has 2 heterocycles. The summed E-state index contributed by atoms with van der Waals surface area (Å²) in [5, 5.41) is 23.5. The molecule has 0 radical (unpaired) electrons. The van der Waals surface area contributed by atoms with Crippen molar-refractivity contribution in [1.82, 2.24) is 9.88 Å². The summed E-state index contributed by atoms with van der Waals surface area (Å²) >= 11 is 1.66. The Morgan fingerprint density at radius 2 is 1.83 bits per heavy atom. The fourth-order valence-electron chi connectivity index (χ4n) is 3.77. The van der Waals surface area contributed by atoms with Crippen LogP contribution in [0.25, 0.3) is 10.2 Å². The zero-order valence-corrected chi connectivity index (χ0v) is 16.9. The van der Waals surface area contributed by atoms with Crippen LogP contribution >= 0.6 is 11.3 Å². The number of amides is 1. The van der Waals surface area contributed by atoms with Gasteiger partial charge in [0.05, 0.1) is 36.7 Å². The van der Waals surface area contributed by atoms with Gasteiger partial charge in [-0.3, -0.25) is 25.0 Å². The van der Waals surface area contributed by atoms with Gasteiger partial charge in [0.25, 0.3) is 17.3 Å². The van der Waals surface area contributed by atoms with Crippen LogP contribution in [0.15, 0.2) is 36.4 Å². The minimum absolute atomic E-state index is 0.00865. The van der Waals surface area contributed by atoms with E-state index >= 15 is 0 Å². The number of nitro groups is 2. The largest absolute Gasteiger partial charge is 0.339 e. The topological polar surface area (TPSA) is 119 Å². The van der Waals surface area contributed by atoms with Gasteiger partial charge in [-0.25, -0.2) is 4.98 Å². The van der Waals surface area contributed by atoms with Crippen molar-refractivity contribution in [3.8, 4) is 0 Å². The fraction of sp³-hybridized carbons (Fsp3) is 0.300. The number of nitrogens with zero attached hydrogens (tertiary/aromatic N) is 4.